The highest BCUT2D eigenvalue weighted by Gasteiger charge is 2.26. The number of piperidine rings is 1. The van der Waals surface area contributed by atoms with E-state index in [4.69, 9.17) is 9.47 Å². The van der Waals surface area contributed by atoms with Crippen LogP contribution in [-0.4, -0.2) is 60.5 Å². The van der Waals surface area contributed by atoms with Crippen LogP contribution in [0.25, 0.3) is 6.08 Å². The predicted octanol–water partition coefficient (Wildman–Crippen LogP) is 3.22. The zero-order valence-corrected chi connectivity index (χ0v) is 17.5. The van der Waals surface area contributed by atoms with Crippen LogP contribution in [-0.2, 0) is 9.53 Å². The number of nitrogens with zero attached hydrogens (tertiary/aromatic N) is 3. The second-order valence-electron chi connectivity index (χ2n) is 7.92. The quantitative estimate of drug-likeness (QED) is 0.759. The van der Waals surface area contributed by atoms with Crippen LogP contribution in [0.5, 0.6) is 5.75 Å². The fourth-order valence-corrected chi connectivity index (χ4v) is 4.07. The van der Waals surface area contributed by atoms with Crippen molar-refractivity contribution in [1.29, 1.82) is 0 Å². The Morgan fingerprint density at radius 3 is 2.73 bits per heavy atom. The molecule has 1 atom stereocenters. The Morgan fingerprint density at radius 2 is 2.03 bits per heavy atom. The third-order valence-electron chi connectivity index (χ3n) is 5.91. The number of nitrogens with one attached hydrogen (secondary N) is 1. The highest BCUT2D eigenvalue weighted by atomic mass is 16.5. The number of hydrogen-bond donors (Lipinski definition) is 1. The molecule has 1 aromatic heterocycles. The molecular weight excluding hydrogens is 380 g/mol. The zero-order valence-electron chi connectivity index (χ0n) is 17.5. The van der Waals surface area contributed by atoms with E-state index < -0.39 is 0 Å². The molecular formula is C23H30N4O3. The number of ether oxygens (including phenoxy) is 2. The van der Waals surface area contributed by atoms with E-state index in [2.05, 4.69) is 39.6 Å². The maximum Gasteiger partial charge on any atom is 0.231 e. The van der Waals surface area contributed by atoms with Crippen LogP contribution in [0.4, 0.5) is 5.82 Å². The molecule has 1 amide bonds. The molecule has 0 bridgehead atoms. The molecule has 0 aliphatic carbocycles. The van der Waals surface area contributed by atoms with Crippen LogP contribution < -0.4 is 10.1 Å². The first-order valence-electron chi connectivity index (χ1n) is 10.7. The van der Waals surface area contributed by atoms with Gasteiger partial charge < -0.3 is 14.8 Å². The second kappa shape index (κ2) is 9.91. The first kappa shape index (κ1) is 20.6. The molecule has 0 saturated carbocycles. The molecule has 2 aliphatic heterocycles. The van der Waals surface area contributed by atoms with E-state index in [9.17, 15) is 4.79 Å². The monoisotopic (exact) mass is 410 g/mol. The number of carbonyl (C=O) groups is 1. The van der Waals surface area contributed by atoms with E-state index in [1.165, 1.54) is 5.56 Å². The average molecular weight is 411 g/mol. The molecule has 0 unspecified atom stereocenters. The van der Waals surface area contributed by atoms with Gasteiger partial charge in [0, 0.05) is 32.3 Å². The Bertz CT molecular complexity index is 848. The van der Waals surface area contributed by atoms with E-state index in [1.807, 2.05) is 22.9 Å². The molecule has 2 aliphatic rings. The fraction of sp³-hybridized carbons (Fsp3) is 0.478. The number of amides is 1. The van der Waals surface area contributed by atoms with Gasteiger partial charge in [-0.2, -0.15) is 5.10 Å². The molecule has 2 saturated heterocycles. The van der Waals surface area contributed by atoms with Gasteiger partial charge in [-0.15, -0.1) is 0 Å². The molecule has 4 rings (SSSR count). The number of methoxy groups -OCH3 is 1. The van der Waals surface area contributed by atoms with Crippen LogP contribution in [0, 0.1) is 5.92 Å². The predicted molar refractivity (Wildman–Crippen MR) is 117 cm³/mol. The molecule has 0 radical (unpaired) electrons. The Balaban J connectivity index is 1.26. The summed E-state index contributed by atoms with van der Waals surface area (Å²) < 4.78 is 12.5. The fourth-order valence-electron chi connectivity index (χ4n) is 4.07. The Morgan fingerprint density at radius 1 is 1.23 bits per heavy atom. The molecule has 1 aromatic carbocycles. The Kier molecular flexibility index (Phi) is 6.81. The zero-order chi connectivity index (χ0) is 20.8. The van der Waals surface area contributed by atoms with Gasteiger partial charge in [-0.1, -0.05) is 24.3 Å². The van der Waals surface area contributed by atoms with E-state index >= 15 is 0 Å². The molecule has 30 heavy (non-hydrogen) atoms. The SMILES string of the molecule is COc1ccc(/C=C/CN2CCC(n3nccc3NC(=O)[C@H]3CCOC3)CC2)cc1. The van der Waals surface area contributed by atoms with Crippen LogP contribution in [0.15, 0.2) is 42.6 Å². The number of likely N-dealkylation sites (tertiary alicyclic amines) is 1. The molecule has 2 fully saturated rings. The van der Waals surface area contributed by atoms with Gasteiger partial charge in [0.1, 0.15) is 11.6 Å². The minimum Gasteiger partial charge on any atom is -0.497 e. The Labute approximate surface area is 177 Å². The normalized spacial score (nSPS) is 20.6. The maximum atomic E-state index is 12.4. The number of carbonyl (C=O) groups excluding carboxylic acids is 1. The molecule has 0 spiro atoms. The van der Waals surface area contributed by atoms with Crippen molar-refractivity contribution in [1.82, 2.24) is 14.7 Å². The smallest absolute Gasteiger partial charge is 0.231 e. The van der Waals surface area contributed by atoms with E-state index in [1.54, 1.807) is 13.3 Å². The Hall–Kier alpha value is -2.64. The largest absolute Gasteiger partial charge is 0.497 e. The minimum absolute atomic E-state index is 0.0374. The van der Waals surface area contributed by atoms with Gasteiger partial charge >= 0.3 is 0 Å². The number of anilines is 1. The summed E-state index contributed by atoms with van der Waals surface area (Å²) in [6, 6.07) is 10.3. The molecule has 3 heterocycles. The van der Waals surface area contributed by atoms with Crippen LogP contribution in [0.1, 0.15) is 30.9 Å². The molecule has 7 nitrogen and oxygen atoms in total. The van der Waals surface area contributed by atoms with Crippen molar-refractivity contribution in [3.05, 3.63) is 48.2 Å². The van der Waals surface area contributed by atoms with Gasteiger partial charge in [0.05, 0.1) is 31.9 Å². The molecule has 1 N–H and O–H groups in total. The first-order chi connectivity index (χ1) is 14.7. The van der Waals surface area contributed by atoms with E-state index in [-0.39, 0.29) is 11.8 Å². The number of aromatic nitrogens is 2. The summed E-state index contributed by atoms with van der Waals surface area (Å²) in [6.45, 7) is 4.15. The number of hydrogen-bond acceptors (Lipinski definition) is 5. The van der Waals surface area contributed by atoms with Gasteiger partial charge in [-0.3, -0.25) is 9.69 Å². The van der Waals surface area contributed by atoms with E-state index in [0.29, 0.717) is 19.3 Å². The lowest BCUT2D eigenvalue weighted by atomic mass is 10.0. The van der Waals surface area contributed by atoms with Crippen molar-refractivity contribution in [2.45, 2.75) is 25.3 Å². The van der Waals surface area contributed by atoms with E-state index in [0.717, 1.165) is 50.5 Å². The highest BCUT2D eigenvalue weighted by molar-refractivity contribution is 5.92. The molecule has 2 aromatic rings. The van der Waals surface area contributed by atoms with Gasteiger partial charge in [0.2, 0.25) is 5.91 Å². The summed E-state index contributed by atoms with van der Waals surface area (Å²) in [5.74, 6) is 1.66. The summed E-state index contributed by atoms with van der Waals surface area (Å²) in [7, 11) is 1.68. The van der Waals surface area contributed by atoms with Crippen LogP contribution >= 0.6 is 0 Å². The van der Waals surface area contributed by atoms with Crippen LogP contribution in [0.3, 0.4) is 0 Å². The lowest BCUT2D eigenvalue weighted by Crippen LogP contribution is -2.35. The summed E-state index contributed by atoms with van der Waals surface area (Å²) >= 11 is 0. The van der Waals surface area contributed by atoms with Gasteiger partial charge in [0.15, 0.2) is 0 Å². The maximum absolute atomic E-state index is 12.4. The topological polar surface area (TPSA) is 68.6 Å². The van der Waals surface area contributed by atoms with Gasteiger partial charge in [-0.25, -0.2) is 4.68 Å². The van der Waals surface area contributed by atoms with Crippen molar-refractivity contribution in [3.63, 3.8) is 0 Å². The number of rotatable bonds is 7. The van der Waals surface area contributed by atoms with Crippen molar-refractivity contribution >= 4 is 17.8 Å². The molecule has 160 valence electrons. The van der Waals surface area contributed by atoms with Crippen LogP contribution in [0.2, 0.25) is 0 Å². The van der Waals surface area contributed by atoms with Gasteiger partial charge in [-0.05, 0) is 37.0 Å². The second-order valence-corrected chi connectivity index (χ2v) is 7.92. The third-order valence-corrected chi connectivity index (χ3v) is 5.91. The highest BCUT2D eigenvalue weighted by Crippen LogP contribution is 2.26. The molecule has 7 heteroatoms. The van der Waals surface area contributed by atoms with Crippen molar-refractivity contribution in [2.75, 3.05) is 45.3 Å². The lowest BCUT2D eigenvalue weighted by Gasteiger charge is -2.32. The summed E-state index contributed by atoms with van der Waals surface area (Å²) in [5, 5.41) is 7.54. The summed E-state index contributed by atoms with van der Waals surface area (Å²) in [4.78, 5) is 14.9. The number of benzene rings is 1. The van der Waals surface area contributed by atoms with Crippen molar-refractivity contribution < 1.29 is 14.3 Å². The van der Waals surface area contributed by atoms with Crippen molar-refractivity contribution in [3.8, 4) is 5.75 Å². The summed E-state index contributed by atoms with van der Waals surface area (Å²) in [5.41, 5.74) is 1.18. The lowest BCUT2D eigenvalue weighted by molar-refractivity contribution is -0.119. The van der Waals surface area contributed by atoms with Gasteiger partial charge in [0.25, 0.3) is 0 Å². The van der Waals surface area contributed by atoms with Crippen molar-refractivity contribution in [2.24, 2.45) is 5.92 Å². The third kappa shape index (κ3) is 5.09. The first-order valence-corrected chi connectivity index (χ1v) is 10.7. The minimum atomic E-state index is -0.0484. The standard InChI is InChI=1S/C23H30N4O3/c1-29-21-6-4-18(5-7-21)3-2-13-26-14-9-20(10-15-26)27-22(8-12-24-27)25-23(28)19-11-16-30-17-19/h2-8,12,19-20H,9-11,13-17H2,1H3,(H,25,28)/b3-2+/t19-/m0/s1. The summed E-state index contributed by atoms with van der Waals surface area (Å²) in [6.07, 6.45) is 8.97. The average Bonchev–Trinajstić information content (AvgIpc) is 3.47.